The van der Waals surface area contributed by atoms with Gasteiger partial charge in [0.15, 0.2) is 5.69 Å². The highest BCUT2D eigenvalue weighted by Gasteiger charge is 2.20. The van der Waals surface area contributed by atoms with Crippen molar-refractivity contribution in [1.82, 2.24) is 20.3 Å². The highest BCUT2D eigenvalue weighted by atomic mass is 16.5. The number of carbonyl (C=O) groups is 1. The number of benzene rings is 1. The summed E-state index contributed by atoms with van der Waals surface area (Å²) in [7, 11) is 0. The van der Waals surface area contributed by atoms with Crippen LogP contribution in [0, 0.1) is 6.92 Å². The topological polar surface area (TPSA) is 90.6 Å². The van der Waals surface area contributed by atoms with Gasteiger partial charge in [-0.25, -0.2) is 0 Å². The van der Waals surface area contributed by atoms with Crippen molar-refractivity contribution in [2.75, 3.05) is 26.3 Å². The van der Waals surface area contributed by atoms with Crippen molar-refractivity contribution < 1.29 is 18.8 Å². The molecule has 0 bridgehead atoms. The van der Waals surface area contributed by atoms with E-state index < -0.39 is 0 Å². The van der Waals surface area contributed by atoms with E-state index in [9.17, 15) is 4.79 Å². The van der Waals surface area contributed by atoms with Crippen molar-refractivity contribution in [2.45, 2.75) is 13.5 Å². The maximum atomic E-state index is 12.4. The lowest BCUT2D eigenvalue weighted by atomic mass is 10.1. The summed E-state index contributed by atoms with van der Waals surface area (Å²) >= 11 is 0. The number of hydrogen-bond acceptors (Lipinski definition) is 7. The Kier molecular flexibility index (Phi) is 5.29. The average molecular weight is 380 g/mol. The minimum atomic E-state index is -0.149. The van der Waals surface area contributed by atoms with Gasteiger partial charge in [0.2, 0.25) is 5.88 Å². The quantitative estimate of drug-likeness (QED) is 0.672. The van der Waals surface area contributed by atoms with Crippen LogP contribution in [0.2, 0.25) is 0 Å². The number of ether oxygens (including phenoxy) is 2. The van der Waals surface area contributed by atoms with E-state index in [4.69, 9.17) is 14.0 Å². The summed E-state index contributed by atoms with van der Waals surface area (Å²) in [6.07, 6.45) is 0. The zero-order chi connectivity index (χ0) is 19.3. The second-order valence-electron chi connectivity index (χ2n) is 6.38. The molecule has 1 aromatic carbocycles. The van der Waals surface area contributed by atoms with Gasteiger partial charge in [-0.05, 0) is 13.0 Å². The molecular weight excluding hydrogens is 360 g/mol. The first kappa shape index (κ1) is 18.1. The molecule has 144 valence electrons. The van der Waals surface area contributed by atoms with E-state index in [-0.39, 0.29) is 12.5 Å². The molecule has 4 rings (SSSR count). The molecule has 1 aliphatic heterocycles. The fraction of sp³-hybridized carbons (Fsp3) is 0.300. The summed E-state index contributed by atoms with van der Waals surface area (Å²) in [6, 6.07) is 13.0. The summed E-state index contributed by atoms with van der Waals surface area (Å²) < 4.78 is 16.3. The Morgan fingerprint density at radius 3 is 2.61 bits per heavy atom. The molecule has 28 heavy (non-hydrogen) atoms. The van der Waals surface area contributed by atoms with E-state index in [1.165, 1.54) is 0 Å². The van der Waals surface area contributed by atoms with Crippen LogP contribution in [-0.2, 0) is 11.3 Å². The molecule has 1 fully saturated rings. The molecule has 8 heteroatoms. The van der Waals surface area contributed by atoms with Gasteiger partial charge in [-0.3, -0.25) is 4.79 Å². The van der Waals surface area contributed by atoms with E-state index in [1.807, 2.05) is 37.3 Å². The highest BCUT2D eigenvalue weighted by Crippen LogP contribution is 2.26. The lowest BCUT2D eigenvalue weighted by Crippen LogP contribution is -2.41. The molecule has 0 unspecified atom stereocenters. The maximum Gasteiger partial charge on any atom is 0.274 e. The molecule has 0 radical (unpaired) electrons. The molecule has 2 aromatic heterocycles. The molecule has 0 atom stereocenters. The molecule has 0 saturated carbocycles. The minimum absolute atomic E-state index is 0.149. The predicted octanol–water partition coefficient (Wildman–Crippen LogP) is 2.49. The Hall–Kier alpha value is -3.26. The van der Waals surface area contributed by atoms with Gasteiger partial charge in [-0.1, -0.05) is 35.5 Å². The number of nitrogens with zero attached hydrogens (tertiary/aromatic N) is 4. The van der Waals surface area contributed by atoms with Gasteiger partial charge in [0.1, 0.15) is 18.1 Å². The van der Waals surface area contributed by atoms with Crippen molar-refractivity contribution in [1.29, 1.82) is 0 Å². The Balaban J connectivity index is 1.43. The van der Waals surface area contributed by atoms with Crippen LogP contribution in [0.4, 0.5) is 0 Å². The lowest BCUT2D eigenvalue weighted by Gasteiger charge is -2.26. The number of amides is 1. The Bertz CT molecular complexity index is 935. The van der Waals surface area contributed by atoms with Gasteiger partial charge in [0.05, 0.1) is 18.8 Å². The van der Waals surface area contributed by atoms with Crippen LogP contribution < -0.4 is 4.74 Å². The fourth-order valence-corrected chi connectivity index (χ4v) is 2.97. The summed E-state index contributed by atoms with van der Waals surface area (Å²) in [5.41, 5.74) is 2.84. The van der Waals surface area contributed by atoms with Crippen molar-refractivity contribution in [2.24, 2.45) is 0 Å². The summed E-state index contributed by atoms with van der Waals surface area (Å²) in [4.78, 5) is 14.1. The third kappa shape index (κ3) is 3.86. The maximum absolute atomic E-state index is 12.4. The molecule has 3 heterocycles. The Morgan fingerprint density at radius 1 is 1.11 bits per heavy atom. The Labute approximate surface area is 162 Å². The smallest absolute Gasteiger partial charge is 0.274 e. The highest BCUT2D eigenvalue weighted by molar-refractivity contribution is 5.92. The first-order valence-corrected chi connectivity index (χ1v) is 9.06. The van der Waals surface area contributed by atoms with E-state index in [0.29, 0.717) is 43.6 Å². The molecular formula is C20H20N4O4. The van der Waals surface area contributed by atoms with Gasteiger partial charge >= 0.3 is 0 Å². The number of morpholine rings is 1. The molecule has 8 nitrogen and oxygen atoms in total. The van der Waals surface area contributed by atoms with Crippen LogP contribution >= 0.6 is 0 Å². The standard InChI is InChI=1S/C20H20N4O4/c1-14-16(19(23-28-14)15-5-3-2-4-6-15)13-27-18-8-7-17(21-22-18)20(25)24-9-11-26-12-10-24/h2-8H,9-13H2,1H3. The molecule has 0 spiro atoms. The fourth-order valence-electron chi connectivity index (χ4n) is 2.97. The normalized spacial score (nSPS) is 14.1. The summed E-state index contributed by atoms with van der Waals surface area (Å²) in [5, 5.41) is 12.2. The second kappa shape index (κ2) is 8.18. The first-order valence-electron chi connectivity index (χ1n) is 9.06. The third-order valence-corrected chi connectivity index (χ3v) is 4.55. The monoisotopic (exact) mass is 380 g/mol. The zero-order valence-electron chi connectivity index (χ0n) is 15.5. The molecule has 1 amide bonds. The van der Waals surface area contributed by atoms with E-state index >= 15 is 0 Å². The molecule has 0 N–H and O–H groups in total. The SMILES string of the molecule is Cc1onc(-c2ccccc2)c1COc1ccc(C(=O)N2CCOCC2)nn1. The van der Waals surface area contributed by atoms with Crippen LogP contribution in [0.3, 0.4) is 0 Å². The Morgan fingerprint density at radius 2 is 1.89 bits per heavy atom. The molecule has 1 saturated heterocycles. The first-order chi connectivity index (χ1) is 13.7. The average Bonchev–Trinajstić information content (AvgIpc) is 3.13. The third-order valence-electron chi connectivity index (χ3n) is 4.55. The van der Waals surface area contributed by atoms with Crippen LogP contribution in [0.25, 0.3) is 11.3 Å². The summed E-state index contributed by atoms with van der Waals surface area (Å²) in [5.74, 6) is 0.868. The van der Waals surface area contributed by atoms with Gasteiger partial charge in [0.25, 0.3) is 5.91 Å². The van der Waals surface area contributed by atoms with Crippen molar-refractivity contribution in [3.63, 3.8) is 0 Å². The number of rotatable bonds is 5. The van der Waals surface area contributed by atoms with Gasteiger partial charge in [-0.15, -0.1) is 10.2 Å². The van der Waals surface area contributed by atoms with E-state index in [1.54, 1.807) is 17.0 Å². The van der Waals surface area contributed by atoms with Crippen LogP contribution in [0.15, 0.2) is 47.0 Å². The second-order valence-corrected chi connectivity index (χ2v) is 6.38. The lowest BCUT2D eigenvalue weighted by molar-refractivity contribution is 0.0298. The number of aryl methyl sites for hydroxylation is 1. The summed E-state index contributed by atoms with van der Waals surface area (Å²) in [6.45, 7) is 4.30. The molecule has 1 aliphatic rings. The van der Waals surface area contributed by atoms with Gasteiger partial charge < -0.3 is 18.9 Å². The van der Waals surface area contributed by atoms with Crippen molar-refractivity contribution in [3.05, 3.63) is 59.5 Å². The predicted molar refractivity (Wildman–Crippen MR) is 99.8 cm³/mol. The van der Waals surface area contributed by atoms with Crippen molar-refractivity contribution in [3.8, 4) is 17.1 Å². The van der Waals surface area contributed by atoms with E-state index in [2.05, 4.69) is 15.4 Å². The zero-order valence-corrected chi connectivity index (χ0v) is 15.5. The number of aromatic nitrogens is 3. The van der Waals surface area contributed by atoms with E-state index in [0.717, 1.165) is 16.8 Å². The largest absolute Gasteiger partial charge is 0.472 e. The van der Waals surface area contributed by atoms with Gasteiger partial charge in [-0.2, -0.15) is 0 Å². The number of carbonyl (C=O) groups excluding carboxylic acids is 1. The molecule has 0 aliphatic carbocycles. The number of hydrogen-bond donors (Lipinski definition) is 0. The van der Waals surface area contributed by atoms with Crippen LogP contribution in [0.1, 0.15) is 21.8 Å². The van der Waals surface area contributed by atoms with Crippen LogP contribution in [0.5, 0.6) is 5.88 Å². The van der Waals surface area contributed by atoms with Gasteiger partial charge in [0, 0.05) is 24.7 Å². The molecule has 3 aromatic rings. The van der Waals surface area contributed by atoms with Crippen molar-refractivity contribution >= 4 is 5.91 Å². The van der Waals surface area contributed by atoms with Crippen LogP contribution in [-0.4, -0.2) is 52.5 Å². The minimum Gasteiger partial charge on any atom is -0.472 e.